The summed E-state index contributed by atoms with van der Waals surface area (Å²) in [5, 5.41) is 47.8. The molecule has 322 valence electrons. The molecule has 2 aromatic rings. The van der Waals surface area contributed by atoms with Crippen LogP contribution in [0.1, 0.15) is 136 Å². The minimum atomic E-state index is -0.727. The van der Waals surface area contributed by atoms with Gasteiger partial charge in [-0.15, -0.1) is 0 Å². The molecule has 0 unspecified atom stereocenters. The Kier molecular flexibility index (Phi) is 10.9. The van der Waals surface area contributed by atoms with Gasteiger partial charge in [-0.25, -0.2) is 0 Å². The van der Waals surface area contributed by atoms with E-state index in [2.05, 4.69) is 59.0 Å². The van der Waals surface area contributed by atoms with Crippen LogP contribution in [0.25, 0.3) is 0 Å². The third-order valence-electron chi connectivity index (χ3n) is 17.5. The lowest BCUT2D eigenvalue weighted by Gasteiger charge is -2.71. The molecule has 14 atom stereocenters. The minimum Gasteiger partial charge on any atom is -0.508 e. The van der Waals surface area contributed by atoms with Crippen molar-refractivity contribution in [1.82, 2.24) is 5.32 Å². The van der Waals surface area contributed by atoms with Gasteiger partial charge in [0, 0.05) is 48.0 Å². The maximum atomic E-state index is 14.7. The molecule has 5 aliphatic carbocycles. The van der Waals surface area contributed by atoms with Gasteiger partial charge in [-0.05, 0) is 147 Å². The van der Waals surface area contributed by atoms with Gasteiger partial charge in [-0.3, -0.25) is 9.59 Å². The average molecular weight is 811 g/mol. The van der Waals surface area contributed by atoms with E-state index in [1.54, 1.807) is 19.1 Å². The van der Waals surface area contributed by atoms with Crippen LogP contribution in [0.4, 0.5) is 5.69 Å². The molecular formula is C50H70N2O7. The van der Waals surface area contributed by atoms with Gasteiger partial charge in [0.1, 0.15) is 17.6 Å². The Hall–Kier alpha value is -3.08. The number of benzene rings is 2. The number of hydrogen-bond acceptors (Lipinski definition) is 9. The third-order valence-corrected chi connectivity index (χ3v) is 17.5. The summed E-state index contributed by atoms with van der Waals surface area (Å²) in [5.74, 6) is 0.538. The van der Waals surface area contributed by atoms with E-state index in [9.17, 15) is 30.0 Å². The zero-order valence-electron chi connectivity index (χ0n) is 36.5. The van der Waals surface area contributed by atoms with Gasteiger partial charge in [-0.1, -0.05) is 70.9 Å². The van der Waals surface area contributed by atoms with Crippen molar-refractivity contribution in [2.24, 2.45) is 45.3 Å². The number of carbonyl (C=O) groups is 2. The molecule has 6 aliphatic rings. The Balaban J connectivity index is 1.12. The third kappa shape index (κ3) is 6.66. The summed E-state index contributed by atoms with van der Waals surface area (Å²) >= 11 is 0. The molecular weight excluding hydrogens is 741 g/mol. The number of ether oxygens (including phenoxy) is 1. The SMILES string of the molecule is C[C@H](O)CN[C@H]1C[C@@]2(CCO)[C@H](CCC3=C([C@H](C)C[C@@H](O)[C@H]4O[C@]4(C)[C@@H]4CCC[C@H]4c4cccc(N)c4)C(=O)C[C@@]32C)[C@]2(C)C[C@@H](c3cccc(O)c3)C(=O)C(C)(C)[C@H]12. The predicted octanol–water partition coefficient (Wildman–Crippen LogP) is 7.61. The molecule has 7 N–H and O–H groups in total. The van der Waals surface area contributed by atoms with Crippen molar-refractivity contribution in [3.8, 4) is 5.75 Å². The van der Waals surface area contributed by atoms with E-state index in [1.807, 2.05) is 24.3 Å². The van der Waals surface area contributed by atoms with Gasteiger partial charge in [-0.2, -0.15) is 0 Å². The number of fused-ring (bicyclic) bond motifs is 5. The Bertz CT molecular complexity index is 1990. The average Bonchev–Trinajstić information content (AvgIpc) is 3.47. The first-order valence-electron chi connectivity index (χ1n) is 22.7. The first kappa shape index (κ1) is 42.6. The molecule has 9 nitrogen and oxygen atoms in total. The number of ketones is 2. The lowest BCUT2D eigenvalue weighted by molar-refractivity contribution is -0.203. The van der Waals surface area contributed by atoms with E-state index in [0.29, 0.717) is 44.6 Å². The molecule has 9 heteroatoms. The zero-order chi connectivity index (χ0) is 42.4. The van der Waals surface area contributed by atoms with Gasteiger partial charge >= 0.3 is 0 Å². The lowest BCUT2D eigenvalue weighted by atomic mass is 9.33. The highest BCUT2D eigenvalue weighted by atomic mass is 16.6. The largest absolute Gasteiger partial charge is 0.508 e. The molecule has 8 rings (SSSR count). The van der Waals surface area contributed by atoms with Crippen molar-refractivity contribution in [3.05, 3.63) is 70.8 Å². The summed E-state index contributed by atoms with van der Waals surface area (Å²) in [7, 11) is 0. The van der Waals surface area contributed by atoms with Crippen LogP contribution in [0.5, 0.6) is 5.75 Å². The van der Waals surface area contributed by atoms with Crippen LogP contribution in [0, 0.1) is 45.3 Å². The molecule has 1 saturated heterocycles. The van der Waals surface area contributed by atoms with Crippen LogP contribution in [0.3, 0.4) is 0 Å². The molecule has 4 saturated carbocycles. The number of carbonyl (C=O) groups excluding carboxylic acids is 2. The predicted molar refractivity (Wildman–Crippen MR) is 230 cm³/mol. The van der Waals surface area contributed by atoms with Crippen LogP contribution in [0.15, 0.2) is 59.7 Å². The monoisotopic (exact) mass is 811 g/mol. The zero-order valence-corrected chi connectivity index (χ0v) is 36.5. The van der Waals surface area contributed by atoms with Crippen molar-refractivity contribution in [2.45, 2.75) is 154 Å². The van der Waals surface area contributed by atoms with Crippen molar-refractivity contribution < 1.29 is 34.8 Å². The Morgan fingerprint density at radius 2 is 1.68 bits per heavy atom. The van der Waals surface area contributed by atoms with Crippen LogP contribution in [0.2, 0.25) is 0 Å². The highest BCUT2D eigenvalue weighted by molar-refractivity contribution is 6.00. The molecule has 5 fully saturated rings. The molecule has 1 aliphatic heterocycles. The normalized spacial score (nSPS) is 40.3. The van der Waals surface area contributed by atoms with Gasteiger partial charge in [0.25, 0.3) is 0 Å². The van der Waals surface area contributed by atoms with E-state index >= 15 is 0 Å². The quantitative estimate of drug-likeness (QED) is 0.0935. The van der Waals surface area contributed by atoms with Crippen LogP contribution < -0.4 is 11.1 Å². The summed E-state index contributed by atoms with van der Waals surface area (Å²) in [5.41, 5.74) is 8.52. The highest BCUT2D eigenvalue weighted by Crippen LogP contribution is 2.76. The molecule has 0 aromatic heterocycles. The van der Waals surface area contributed by atoms with E-state index in [4.69, 9.17) is 10.5 Å². The number of nitrogens with two attached hydrogens (primary N) is 1. The van der Waals surface area contributed by atoms with Crippen LogP contribution >= 0.6 is 0 Å². The van der Waals surface area contributed by atoms with Crippen LogP contribution in [-0.2, 0) is 14.3 Å². The second-order valence-corrected chi connectivity index (χ2v) is 21.3. The standard InChI is InChI=1S/C50H70N2O7/c1-28(21-39(56)45-49(7,59-45)36-16-10-15-34(36)30-11-8-13-32(51)22-30)42-37-17-18-41-47(5)24-35(31-12-9-14-33(55)23-31)44(58)46(3,4)43(47)38(52-27-29(2)54)25-50(41,19-20-53)48(37,6)26-40(42)57/h8-9,11-14,22-23,28-29,34-36,38-39,41,43,45,52-56H,10,15-21,24-27,51H2,1-7H3/t28-,29+,34+,35+,36-,38+,39-,41-,43+,45-,47+,48+,49-,50+/m1/s1. The fraction of sp³-hybridized carbons (Fsp3) is 0.680. The smallest absolute Gasteiger partial charge is 0.159 e. The fourth-order valence-electron chi connectivity index (χ4n) is 15.4. The summed E-state index contributed by atoms with van der Waals surface area (Å²) in [6.07, 6.45) is 5.83. The molecule has 0 spiro atoms. The van der Waals surface area contributed by atoms with E-state index in [0.717, 1.165) is 48.9 Å². The summed E-state index contributed by atoms with van der Waals surface area (Å²) in [4.78, 5) is 29.3. The number of nitrogen functional groups attached to an aromatic ring is 1. The second kappa shape index (κ2) is 15.1. The minimum absolute atomic E-state index is 0.0192. The Morgan fingerprint density at radius 3 is 2.37 bits per heavy atom. The number of rotatable bonds is 12. The molecule has 0 bridgehead atoms. The number of epoxide rings is 1. The van der Waals surface area contributed by atoms with Crippen molar-refractivity contribution in [1.29, 1.82) is 0 Å². The van der Waals surface area contributed by atoms with Crippen molar-refractivity contribution >= 4 is 17.3 Å². The number of phenolic OH excluding ortho intramolecular Hbond substituents is 1. The molecule has 59 heavy (non-hydrogen) atoms. The molecule has 1 heterocycles. The molecule has 0 radical (unpaired) electrons. The second-order valence-electron chi connectivity index (χ2n) is 21.3. The fourth-order valence-corrected chi connectivity index (χ4v) is 15.4. The van der Waals surface area contributed by atoms with Gasteiger partial charge < -0.3 is 36.2 Å². The number of anilines is 1. The number of phenols is 1. The number of allylic oxidation sites excluding steroid dienone is 2. The topological polar surface area (TPSA) is 166 Å². The van der Waals surface area contributed by atoms with Crippen LogP contribution in [-0.4, -0.2) is 75.1 Å². The summed E-state index contributed by atoms with van der Waals surface area (Å²) < 4.78 is 6.48. The van der Waals surface area contributed by atoms with Gasteiger partial charge in [0.15, 0.2) is 5.78 Å². The summed E-state index contributed by atoms with van der Waals surface area (Å²) in [6, 6.07) is 15.2. The van der Waals surface area contributed by atoms with Crippen molar-refractivity contribution in [3.63, 3.8) is 0 Å². The highest BCUT2D eigenvalue weighted by Gasteiger charge is 2.72. The lowest BCUT2D eigenvalue weighted by Crippen LogP contribution is -2.70. The van der Waals surface area contributed by atoms with E-state index in [-0.39, 0.29) is 65.2 Å². The first-order valence-corrected chi connectivity index (χ1v) is 22.7. The molecule has 0 amide bonds. The number of hydrogen-bond donors (Lipinski definition) is 6. The Labute approximate surface area is 351 Å². The number of nitrogens with one attached hydrogen (secondary N) is 1. The summed E-state index contributed by atoms with van der Waals surface area (Å²) in [6.45, 7) is 15.2. The Morgan fingerprint density at radius 1 is 0.949 bits per heavy atom. The first-order chi connectivity index (χ1) is 27.8. The number of Topliss-reactive ketones (excluding diaryl/α,β-unsaturated/α-hetero) is 2. The number of aromatic hydroxyl groups is 1. The van der Waals surface area contributed by atoms with Gasteiger partial charge in [0.2, 0.25) is 0 Å². The number of aliphatic hydroxyl groups excluding tert-OH is 3. The molecule has 2 aromatic carbocycles. The van der Waals surface area contributed by atoms with Crippen molar-refractivity contribution in [2.75, 3.05) is 18.9 Å². The van der Waals surface area contributed by atoms with E-state index in [1.165, 1.54) is 11.1 Å². The van der Waals surface area contributed by atoms with E-state index < -0.39 is 40.0 Å². The maximum Gasteiger partial charge on any atom is 0.159 e. The van der Waals surface area contributed by atoms with Gasteiger partial charge in [0.05, 0.1) is 17.8 Å². The maximum absolute atomic E-state index is 14.7. The number of aliphatic hydroxyl groups is 3.